The highest BCUT2D eigenvalue weighted by Crippen LogP contribution is 2.17. The van der Waals surface area contributed by atoms with Crippen LogP contribution >= 0.6 is 0 Å². The molecule has 2 N–H and O–H groups in total. The number of nitrogens with one attached hydrogen (secondary N) is 2. The number of carbonyl (C=O) groups is 2. The van der Waals surface area contributed by atoms with E-state index in [-0.39, 0.29) is 11.9 Å². The molecule has 0 aliphatic heterocycles. The molecule has 0 aliphatic carbocycles. The van der Waals surface area contributed by atoms with Crippen LogP contribution in [0.4, 0.5) is 10.5 Å². The normalized spacial score (nSPS) is 10.1. The monoisotopic (exact) mass is 272 g/mol. The molecule has 2 aromatic rings. The Morgan fingerprint density at radius 3 is 2.80 bits per heavy atom. The number of anilines is 1. The van der Waals surface area contributed by atoms with Crippen molar-refractivity contribution in [3.05, 3.63) is 48.0 Å². The number of aryl methyl sites for hydroxylation is 1. The molecule has 0 bridgehead atoms. The van der Waals surface area contributed by atoms with Gasteiger partial charge in [0.25, 0.3) is 5.91 Å². The molecule has 20 heavy (non-hydrogen) atoms. The van der Waals surface area contributed by atoms with Crippen molar-refractivity contribution in [1.82, 2.24) is 14.9 Å². The van der Waals surface area contributed by atoms with Crippen LogP contribution in [0.3, 0.4) is 0 Å². The van der Waals surface area contributed by atoms with E-state index in [2.05, 4.69) is 15.6 Å². The fourth-order valence-corrected chi connectivity index (χ4v) is 1.72. The Bertz CT molecular complexity index is 620. The highest BCUT2D eigenvalue weighted by molar-refractivity contribution is 5.97. The Morgan fingerprint density at radius 2 is 2.15 bits per heavy atom. The predicted octanol–water partition coefficient (Wildman–Crippen LogP) is 2.02. The first kappa shape index (κ1) is 13.8. The molecule has 6 nitrogen and oxygen atoms in total. The zero-order valence-corrected chi connectivity index (χ0v) is 11.4. The first-order valence-corrected chi connectivity index (χ1v) is 6.30. The molecule has 0 fully saturated rings. The summed E-state index contributed by atoms with van der Waals surface area (Å²) in [4.78, 5) is 27.5. The van der Waals surface area contributed by atoms with E-state index in [1.54, 1.807) is 24.4 Å². The third-order valence-corrected chi connectivity index (χ3v) is 2.82. The van der Waals surface area contributed by atoms with E-state index in [1.807, 2.05) is 13.8 Å². The number of amides is 2. The second kappa shape index (κ2) is 6.01. The molecule has 0 saturated heterocycles. The van der Waals surface area contributed by atoms with Crippen molar-refractivity contribution in [3.63, 3.8) is 0 Å². The van der Waals surface area contributed by atoms with Gasteiger partial charge in [-0.1, -0.05) is 6.07 Å². The quantitative estimate of drug-likeness (QED) is 0.897. The van der Waals surface area contributed by atoms with Gasteiger partial charge in [-0.05, 0) is 31.5 Å². The van der Waals surface area contributed by atoms with Gasteiger partial charge < -0.3 is 10.6 Å². The minimum absolute atomic E-state index is 0.161. The van der Waals surface area contributed by atoms with E-state index >= 15 is 0 Å². The molecule has 0 radical (unpaired) electrons. The molecule has 0 aliphatic rings. The van der Waals surface area contributed by atoms with Gasteiger partial charge in [-0.25, -0.2) is 9.78 Å². The summed E-state index contributed by atoms with van der Waals surface area (Å²) in [5.74, 6) is -0.161. The zero-order valence-electron chi connectivity index (χ0n) is 11.4. The van der Waals surface area contributed by atoms with E-state index in [0.717, 1.165) is 5.56 Å². The topological polar surface area (TPSA) is 76.0 Å². The molecule has 0 atom stereocenters. The lowest BCUT2D eigenvalue weighted by molar-refractivity contribution is 0.0956. The third kappa shape index (κ3) is 3.03. The van der Waals surface area contributed by atoms with Gasteiger partial charge in [0.15, 0.2) is 0 Å². The molecule has 1 aromatic carbocycles. The van der Waals surface area contributed by atoms with Crippen LogP contribution < -0.4 is 10.6 Å². The number of hydrogen-bond donors (Lipinski definition) is 2. The average Bonchev–Trinajstić information content (AvgIpc) is 2.95. The summed E-state index contributed by atoms with van der Waals surface area (Å²) in [5, 5.41) is 5.48. The number of nitrogens with zero attached hydrogens (tertiary/aromatic N) is 2. The maximum absolute atomic E-state index is 11.9. The van der Waals surface area contributed by atoms with Crippen LogP contribution in [0.2, 0.25) is 0 Å². The van der Waals surface area contributed by atoms with Crippen molar-refractivity contribution in [1.29, 1.82) is 0 Å². The molecule has 0 saturated carbocycles. The molecule has 0 spiro atoms. The summed E-state index contributed by atoms with van der Waals surface area (Å²) >= 11 is 0. The largest absolute Gasteiger partial charge is 0.352 e. The van der Waals surface area contributed by atoms with Crippen molar-refractivity contribution >= 4 is 17.6 Å². The number of imidazole rings is 1. The number of hydrogen-bond acceptors (Lipinski definition) is 3. The Balaban J connectivity index is 2.21. The van der Waals surface area contributed by atoms with Gasteiger partial charge in [-0.2, -0.15) is 0 Å². The Labute approximate surface area is 116 Å². The van der Waals surface area contributed by atoms with Gasteiger partial charge in [0.1, 0.15) is 6.33 Å². The molecular weight excluding hydrogens is 256 g/mol. The van der Waals surface area contributed by atoms with Gasteiger partial charge >= 0.3 is 6.03 Å². The first-order chi connectivity index (χ1) is 9.61. The fourth-order valence-electron chi connectivity index (χ4n) is 1.72. The lowest BCUT2D eigenvalue weighted by Crippen LogP contribution is -2.23. The highest BCUT2D eigenvalue weighted by Gasteiger charge is 2.10. The van der Waals surface area contributed by atoms with Gasteiger partial charge in [0.05, 0.1) is 0 Å². The van der Waals surface area contributed by atoms with E-state index in [1.165, 1.54) is 17.1 Å². The summed E-state index contributed by atoms with van der Waals surface area (Å²) in [7, 11) is 0. The molecule has 0 unspecified atom stereocenters. The number of benzene rings is 1. The van der Waals surface area contributed by atoms with Crippen molar-refractivity contribution in [3.8, 4) is 0 Å². The van der Waals surface area contributed by atoms with Crippen LogP contribution in [0.5, 0.6) is 0 Å². The van der Waals surface area contributed by atoms with E-state index in [9.17, 15) is 9.59 Å². The van der Waals surface area contributed by atoms with Crippen LogP contribution in [0, 0.1) is 6.92 Å². The maximum atomic E-state index is 11.9. The Hall–Kier alpha value is -2.63. The average molecular weight is 272 g/mol. The van der Waals surface area contributed by atoms with Crippen molar-refractivity contribution in [2.45, 2.75) is 13.8 Å². The third-order valence-electron chi connectivity index (χ3n) is 2.82. The summed E-state index contributed by atoms with van der Waals surface area (Å²) < 4.78 is 1.33. The molecule has 1 aromatic heterocycles. The molecular formula is C14H16N4O2. The number of rotatable bonds is 3. The molecule has 6 heteroatoms. The van der Waals surface area contributed by atoms with Crippen LogP contribution in [0.15, 0.2) is 36.9 Å². The van der Waals surface area contributed by atoms with Gasteiger partial charge in [-0.3, -0.25) is 9.36 Å². The lowest BCUT2D eigenvalue weighted by Gasteiger charge is -2.10. The Morgan fingerprint density at radius 1 is 1.35 bits per heavy atom. The minimum Gasteiger partial charge on any atom is -0.352 e. The molecule has 1 heterocycles. The van der Waals surface area contributed by atoms with Crippen LogP contribution in [-0.4, -0.2) is 28.0 Å². The first-order valence-electron chi connectivity index (χ1n) is 6.30. The summed E-state index contributed by atoms with van der Waals surface area (Å²) in [5.41, 5.74) is 2.00. The van der Waals surface area contributed by atoms with E-state index < -0.39 is 0 Å². The number of aromatic nitrogens is 2. The molecule has 2 amide bonds. The molecule has 2 rings (SSSR count). The van der Waals surface area contributed by atoms with Gasteiger partial charge in [0.2, 0.25) is 0 Å². The summed E-state index contributed by atoms with van der Waals surface area (Å²) in [6.07, 6.45) is 4.49. The van der Waals surface area contributed by atoms with Crippen LogP contribution in [-0.2, 0) is 0 Å². The van der Waals surface area contributed by atoms with Crippen LogP contribution in [0.25, 0.3) is 0 Å². The smallest absolute Gasteiger partial charge is 0.331 e. The van der Waals surface area contributed by atoms with Gasteiger partial charge in [0, 0.05) is 30.2 Å². The SMILES string of the molecule is CCNC(=O)c1ccc(C)c(NC(=O)n2ccnc2)c1. The standard InChI is InChI=1S/C14H16N4O2/c1-3-16-13(19)11-5-4-10(2)12(8-11)17-14(20)18-7-6-15-9-18/h4-9H,3H2,1-2H3,(H,16,19)(H,17,20). The van der Waals surface area contributed by atoms with Gasteiger partial charge in [-0.15, -0.1) is 0 Å². The molecule has 104 valence electrons. The minimum atomic E-state index is -0.321. The fraction of sp³-hybridized carbons (Fsp3) is 0.214. The lowest BCUT2D eigenvalue weighted by atomic mass is 10.1. The van der Waals surface area contributed by atoms with Crippen LogP contribution in [0.1, 0.15) is 22.8 Å². The summed E-state index contributed by atoms with van der Waals surface area (Å²) in [6.45, 7) is 4.28. The Kier molecular flexibility index (Phi) is 4.14. The van der Waals surface area contributed by atoms with E-state index in [0.29, 0.717) is 17.8 Å². The second-order valence-corrected chi connectivity index (χ2v) is 4.29. The van der Waals surface area contributed by atoms with Crippen molar-refractivity contribution < 1.29 is 9.59 Å². The van der Waals surface area contributed by atoms with E-state index in [4.69, 9.17) is 0 Å². The van der Waals surface area contributed by atoms with Crippen molar-refractivity contribution in [2.75, 3.05) is 11.9 Å². The zero-order chi connectivity index (χ0) is 14.5. The van der Waals surface area contributed by atoms with Crippen molar-refractivity contribution in [2.24, 2.45) is 0 Å². The number of carbonyl (C=O) groups excluding carboxylic acids is 2. The second-order valence-electron chi connectivity index (χ2n) is 4.29. The predicted molar refractivity (Wildman–Crippen MR) is 75.8 cm³/mol. The summed E-state index contributed by atoms with van der Waals surface area (Å²) in [6, 6.07) is 4.87. The maximum Gasteiger partial charge on any atom is 0.331 e. The highest BCUT2D eigenvalue weighted by atomic mass is 16.2.